The lowest BCUT2D eigenvalue weighted by Crippen LogP contribution is -2.50. The van der Waals surface area contributed by atoms with E-state index in [9.17, 15) is 14.6 Å². The predicted molar refractivity (Wildman–Crippen MR) is 111 cm³/mol. The SMILES string of the molecule is CCCCC1=C2C[C@@H](O)CC[C@]2(C)[C@H]2CC[C@]3(C)C(=C(F)CO)CC[C@H]3[C@@H]2C1. The van der Waals surface area contributed by atoms with Crippen molar-refractivity contribution in [2.45, 2.75) is 97.5 Å². The molecule has 2 nitrogen and oxygen atoms in total. The number of hydrogen-bond acceptors (Lipinski definition) is 2. The van der Waals surface area contributed by atoms with Crippen LogP contribution in [0.3, 0.4) is 0 Å². The predicted octanol–water partition coefficient (Wildman–Crippen LogP) is 6.09. The van der Waals surface area contributed by atoms with Gasteiger partial charge in [-0.3, -0.25) is 0 Å². The lowest BCUT2D eigenvalue weighted by Gasteiger charge is -2.58. The maximum atomic E-state index is 14.5. The molecule has 4 aliphatic rings. The molecule has 0 amide bonds. The summed E-state index contributed by atoms with van der Waals surface area (Å²) < 4.78 is 14.5. The van der Waals surface area contributed by atoms with Crippen molar-refractivity contribution in [3.63, 3.8) is 0 Å². The van der Waals surface area contributed by atoms with Crippen LogP contribution in [-0.4, -0.2) is 22.9 Å². The zero-order chi connectivity index (χ0) is 20.1. The first-order chi connectivity index (χ1) is 13.3. The molecule has 158 valence electrons. The van der Waals surface area contributed by atoms with Crippen molar-refractivity contribution in [3.05, 3.63) is 22.5 Å². The zero-order valence-electron chi connectivity index (χ0n) is 18.1. The maximum Gasteiger partial charge on any atom is 0.125 e. The minimum Gasteiger partial charge on any atom is -0.393 e. The van der Waals surface area contributed by atoms with E-state index in [4.69, 9.17) is 0 Å². The molecule has 4 aliphatic carbocycles. The molecule has 3 heteroatoms. The Bertz CT molecular complexity index is 680. The van der Waals surface area contributed by atoms with Crippen molar-refractivity contribution in [2.75, 3.05) is 6.61 Å². The summed E-state index contributed by atoms with van der Waals surface area (Å²) in [6.07, 6.45) is 11.7. The van der Waals surface area contributed by atoms with Crippen molar-refractivity contribution in [2.24, 2.45) is 28.6 Å². The number of hydrogen-bond donors (Lipinski definition) is 2. The van der Waals surface area contributed by atoms with Gasteiger partial charge >= 0.3 is 0 Å². The average molecular weight is 391 g/mol. The number of allylic oxidation sites excluding steroid dienone is 2. The minimum absolute atomic E-state index is 0.0636. The first kappa shape index (κ1) is 20.6. The molecular weight excluding hydrogens is 351 g/mol. The van der Waals surface area contributed by atoms with Crippen LogP contribution in [-0.2, 0) is 0 Å². The Morgan fingerprint density at radius 3 is 2.50 bits per heavy atom. The van der Waals surface area contributed by atoms with E-state index in [1.54, 1.807) is 11.1 Å². The summed E-state index contributed by atoms with van der Waals surface area (Å²) in [6, 6.07) is 0. The van der Waals surface area contributed by atoms with E-state index in [0.29, 0.717) is 17.8 Å². The van der Waals surface area contributed by atoms with Gasteiger partial charge in [-0.25, -0.2) is 4.39 Å². The van der Waals surface area contributed by atoms with E-state index in [2.05, 4.69) is 20.8 Å². The Balaban J connectivity index is 1.72. The van der Waals surface area contributed by atoms with Crippen molar-refractivity contribution < 1.29 is 14.6 Å². The van der Waals surface area contributed by atoms with E-state index < -0.39 is 6.61 Å². The van der Waals surface area contributed by atoms with Crippen LogP contribution < -0.4 is 0 Å². The highest BCUT2D eigenvalue weighted by molar-refractivity contribution is 5.34. The third kappa shape index (κ3) is 3.03. The van der Waals surface area contributed by atoms with E-state index in [-0.39, 0.29) is 22.8 Å². The van der Waals surface area contributed by atoms with Gasteiger partial charge in [0.1, 0.15) is 5.83 Å². The van der Waals surface area contributed by atoms with Crippen LogP contribution in [0.15, 0.2) is 22.5 Å². The summed E-state index contributed by atoms with van der Waals surface area (Å²) in [4.78, 5) is 0. The molecule has 0 bridgehead atoms. The highest BCUT2D eigenvalue weighted by Crippen LogP contribution is 2.67. The number of rotatable bonds is 4. The van der Waals surface area contributed by atoms with E-state index in [1.807, 2.05) is 0 Å². The topological polar surface area (TPSA) is 40.5 Å². The van der Waals surface area contributed by atoms with Gasteiger partial charge in [0.25, 0.3) is 0 Å². The fraction of sp³-hybridized carbons (Fsp3) is 0.840. The number of aliphatic hydroxyl groups is 2. The standard InChI is InChI=1S/C25H39FO2/c1-4-5-6-16-13-18-19-7-8-21(23(26)15-27)24(19,2)12-10-20(18)25(3)11-9-17(28)14-22(16)25/h17-20,27-28H,4-15H2,1-3H3/t17-,18-,19-,20-,24-,25+/m0/s1. The molecule has 28 heavy (non-hydrogen) atoms. The van der Waals surface area contributed by atoms with Crippen molar-refractivity contribution in [1.82, 2.24) is 0 Å². The molecule has 0 aromatic heterocycles. The van der Waals surface area contributed by atoms with Crippen LogP contribution in [0.25, 0.3) is 0 Å². The van der Waals surface area contributed by atoms with Gasteiger partial charge in [0, 0.05) is 0 Å². The molecule has 3 saturated carbocycles. The summed E-state index contributed by atoms with van der Waals surface area (Å²) in [6.45, 7) is 6.59. The molecule has 0 radical (unpaired) electrons. The third-order valence-corrected chi connectivity index (χ3v) is 9.37. The second-order valence-electron chi connectivity index (χ2n) is 10.6. The molecule has 0 saturated heterocycles. The maximum absolute atomic E-state index is 14.5. The fourth-order valence-corrected chi connectivity index (χ4v) is 7.91. The summed E-state index contributed by atoms with van der Waals surface area (Å²) in [5.74, 6) is 1.60. The summed E-state index contributed by atoms with van der Waals surface area (Å²) >= 11 is 0. The van der Waals surface area contributed by atoms with Crippen LogP contribution in [0.2, 0.25) is 0 Å². The monoisotopic (exact) mass is 390 g/mol. The van der Waals surface area contributed by atoms with Crippen LogP contribution >= 0.6 is 0 Å². The number of unbranched alkanes of at least 4 members (excludes halogenated alkanes) is 1. The Hall–Kier alpha value is -0.670. The molecule has 0 heterocycles. The van der Waals surface area contributed by atoms with Gasteiger partial charge in [-0.2, -0.15) is 0 Å². The summed E-state index contributed by atoms with van der Waals surface area (Å²) in [7, 11) is 0. The van der Waals surface area contributed by atoms with Gasteiger partial charge in [0.15, 0.2) is 0 Å². The number of fused-ring (bicyclic) bond motifs is 5. The van der Waals surface area contributed by atoms with Gasteiger partial charge in [-0.15, -0.1) is 0 Å². The van der Waals surface area contributed by atoms with Gasteiger partial charge in [0.2, 0.25) is 0 Å². The second kappa shape index (κ2) is 7.54. The van der Waals surface area contributed by atoms with Gasteiger partial charge in [-0.05, 0) is 98.4 Å². The van der Waals surface area contributed by atoms with Crippen molar-refractivity contribution >= 4 is 0 Å². The molecule has 0 spiro atoms. The number of aliphatic hydroxyl groups excluding tert-OH is 2. The third-order valence-electron chi connectivity index (χ3n) is 9.37. The van der Waals surface area contributed by atoms with E-state index >= 15 is 0 Å². The van der Waals surface area contributed by atoms with Gasteiger partial charge in [-0.1, -0.05) is 38.3 Å². The molecule has 3 fully saturated rings. The highest BCUT2D eigenvalue weighted by Gasteiger charge is 2.58. The Labute approximate surface area is 170 Å². The normalized spacial score (nSPS) is 44.8. The van der Waals surface area contributed by atoms with Crippen LogP contribution in [0.5, 0.6) is 0 Å². The first-order valence-corrected chi connectivity index (χ1v) is 11.7. The molecule has 0 aromatic carbocycles. The second-order valence-corrected chi connectivity index (χ2v) is 10.6. The minimum atomic E-state index is -0.437. The number of halogens is 1. The Morgan fingerprint density at radius 1 is 1.07 bits per heavy atom. The lowest BCUT2D eigenvalue weighted by molar-refractivity contribution is -0.0312. The molecule has 4 rings (SSSR count). The molecule has 6 atom stereocenters. The Morgan fingerprint density at radius 2 is 1.79 bits per heavy atom. The smallest absolute Gasteiger partial charge is 0.125 e. The van der Waals surface area contributed by atoms with Crippen LogP contribution in [0, 0.1) is 28.6 Å². The van der Waals surface area contributed by atoms with Crippen LogP contribution in [0.4, 0.5) is 4.39 Å². The Kier molecular flexibility index (Phi) is 5.55. The quantitative estimate of drug-likeness (QED) is 0.571. The summed E-state index contributed by atoms with van der Waals surface area (Å²) in [5, 5.41) is 19.8. The zero-order valence-corrected chi connectivity index (χ0v) is 18.1. The van der Waals surface area contributed by atoms with Crippen molar-refractivity contribution in [3.8, 4) is 0 Å². The van der Waals surface area contributed by atoms with Crippen molar-refractivity contribution in [1.29, 1.82) is 0 Å². The molecule has 0 aromatic rings. The molecule has 0 unspecified atom stereocenters. The molecule has 0 aliphatic heterocycles. The molecule has 2 N–H and O–H groups in total. The average Bonchev–Trinajstić information content (AvgIpc) is 3.04. The fourth-order valence-electron chi connectivity index (χ4n) is 7.91. The van der Waals surface area contributed by atoms with Gasteiger partial charge < -0.3 is 10.2 Å². The highest BCUT2D eigenvalue weighted by atomic mass is 19.1. The summed E-state index contributed by atoms with van der Waals surface area (Å²) in [5.41, 5.74) is 4.32. The van der Waals surface area contributed by atoms with Gasteiger partial charge in [0.05, 0.1) is 12.7 Å². The van der Waals surface area contributed by atoms with E-state index in [1.165, 1.54) is 19.3 Å². The first-order valence-electron chi connectivity index (χ1n) is 11.7. The van der Waals surface area contributed by atoms with Crippen LogP contribution in [0.1, 0.15) is 91.4 Å². The largest absolute Gasteiger partial charge is 0.393 e. The van der Waals surface area contributed by atoms with E-state index in [0.717, 1.165) is 56.9 Å². The lowest BCUT2D eigenvalue weighted by atomic mass is 9.46. The molecular formula is C25H39FO2.